The Balaban J connectivity index is 1.95. The molecule has 3 aromatic rings. The van der Waals surface area contributed by atoms with Gasteiger partial charge in [0.25, 0.3) is 0 Å². The molecule has 0 aliphatic rings. The topological polar surface area (TPSA) is 52.0 Å². The largest absolute Gasteiger partial charge is 0.497 e. The SMILES string of the molecule is COc1ccc(N=c2scc(C)n2N=Cc2ccco2)cc1. The molecule has 0 radical (unpaired) electrons. The zero-order chi connectivity index (χ0) is 15.4. The second kappa shape index (κ2) is 6.44. The first-order valence-electron chi connectivity index (χ1n) is 6.70. The van der Waals surface area contributed by atoms with Crippen molar-refractivity contribution in [2.45, 2.75) is 6.92 Å². The number of furan rings is 1. The van der Waals surface area contributed by atoms with Crippen molar-refractivity contribution in [2.24, 2.45) is 10.1 Å². The lowest BCUT2D eigenvalue weighted by Crippen LogP contribution is -2.11. The maximum Gasteiger partial charge on any atom is 0.211 e. The van der Waals surface area contributed by atoms with Gasteiger partial charge in [-0.15, -0.1) is 11.3 Å². The molecule has 0 aliphatic heterocycles. The minimum atomic E-state index is 0.702. The van der Waals surface area contributed by atoms with E-state index in [-0.39, 0.29) is 0 Å². The smallest absolute Gasteiger partial charge is 0.211 e. The predicted molar refractivity (Wildman–Crippen MR) is 87.0 cm³/mol. The molecule has 0 unspecified atom stereocenters. The van der Waals surface area contributed by atoms with Gasteiger partial charge in [-0.05, 0) is 43.3 Å². The number of hydrogen-bond acceptors (Lipinski definition) is 5. The molecule has 0 fully saturated rings. The molecule has 0 bridgehead atoms. The van der Waals surface area contributed by atoms with E-state index in [4.69, 9.17) is 9.15 Å². The molecule has 3 rings (SSSR count). The van der Waals surface area contributed by atoms with Gasteiger partial charge in [0.15, 0.2) is 0 Å². The summed E-state index contributed by atoms with van der Waals surface area (Å²) in [6.45, 7) is 1.99. The van der Waals surface area contributed by atoms with Gasteiger partial charge in [0.1, 0.15) is 11.5 Å². The maximum absolute atomic E-state index is 5.25. The van der Waals surface area contributed by atoms with Gasteiger partial charge in [-0.1, -0.05) is 0 Å². The zero-order valence-electron chi connectivity index (χ0n) is 12.3. The van der Waals surface area contributed by atoms with Crippen LogP contribution in [-0.4, -0.2) is 18.0 Å². The third-order valence-electron chi connectivity index (χ3n) is 2.99. The molecule has 2 heterocycles. The molecule has 112 valence electrons. The van der Waals surface area contributed by atoms with E-state index in [1.165, 1.54) is 11.3 Å². The Morgan fingerprint density at radius 2 is 2.05 bits per heavy atom. The van der Waals surface area contributed by atoms with Crippen LogP contribution in [0.1, 0.15) is 11.5 Å². The van der Waals surface area contributed by atoms with Gasteiger partial charge in [0, 0.05) is 5.38 Å². The van der Waals surface area contributed by atoms with Gasteiger partial charge in [-0.25, -0.2) is 9.67 Å². The molecule has 22 heavy (non-hydrogen) atoms. The Morgan fingerprint density at radius 3 is 2.73 bits per heavy atom. The molecule has 1 aromatic carbocycles. The van der Waals surface area contributed by atoms with Crippen LogP contribution in [0.3, 0.4) is 0 Å². The number of nitrogens with zero attached hydrogens (tertiary/aromatic N) is 3. The fourth-order valence-corrected chi connectivity index (χ4v) is 2.67. The first kappa shape index (κ1) is 14.3. The molecule has 0 atom stereocenters. The average molecular weight is 313 g/mol. The first-order chi connectivity index (χ1) is 10.8. The number of methoxy groups -OCH3 is 1. The van der Waals surface area contributed by atoms with E-state index >= 15 is 0 Å². The fourth-order valence-electron chi connectivity index (χ4n) is 1.85. The summed E-state index contributed by atoms with van der Waals surface area (Å²) in [6.07, 6.45) is 3.29. The Bertz CT molecular complexity index is 827. The van der Waals surface area contributed by atoms with E-state index in [9.17, 15) is 0 Å². The summed E-state index contributed by atoms with van der Waals surface area (Å²) in [7, 11) is 1.64. The molecule has 0 saturated heterocycles. The summed E-state index contributed by atoms with van der Waals surface area (Å²) < 4.78 is 12.2. The minimum absolute atomic E-state index is 0.702. The highest BCUT2D eigenvalue weighted by molar-refractivity contribution is 7.07. The van der Waals surface area contributed by atoms with Gasteiger partial charge in [0.05, 0.1) is 31.0 Å². The van der Waals surface area contributed by atoms with Crippen LogP contribution >= 0.6 is 11.3 Å². The lowest BCUT2D eigenvalue weighted by atomic mass is 10.3. The fraction of sp³-hybridized carbons (Fsp3) is 0.125. The van der Waals surface area contributed by atoms with E-state index in [0.29, 0.717) is 5.76 Å². The van der Waals surface area contributed by atoms with Crippen molar-refractivity contribution in [1.82, 2.24) is 4.68 Å². The average Bonchev–Trinajstić information content (AvgIpc) is 3.17. The highest BCUT2D eigenvalue weighted by atomic mass is 32.1. The molecule has 0 spiro atoms. The molecular formula is C16H15N3O2S. The number of rotatable bonds is 4. The molecule has 6 heteroatoms. The van der Waals surface area contributed by atoms with Crippen LogP contribution < -0.4 is 9.54 Å². The van der Waals surface area contributed by atoms with Crippen LogP contribution in [0, 0.1) is 6.92 Å². The van der Waals surface area contributed by atoms with E-state index in [0.717, 1.165) is 21.9 Å². The third kappa shape index (κ3) is 3.17. The van der Waals surface area contributed by atoms with Gasteiger partial charge in [0.2, 0.25) is 4.80 Å². The normalized spacial score (nSPS) is 12.2. The van der Waals surface area contributed by atoms with Gasteiger partial charge in [-0.3, -0.25) is 0 Å². The number of ether oxygens (including phenoxy) is 1. The molecular weight excluding hydrogens is 298 g/mol. The number of aryl methyl sites for hydroxylation is 1. The molecule has 5 nitrogen and oxygen atoms in total. The molecule has 0 N–H and O–H groups in total. The third-order valence-corrected chi connectivity index (χ3v) is 3.92. The minimum Gasteiger partial charge on any atom is -0.497 e. The van der Waals surface area contributed by atoms with E-state index < -0.39 is 0 Å². The molecule has 0 saturated carbocycles. The van der Waals surface area contributed by atoms with Crippen LogP contribution in [0.4, 0.5) is 5.69 Å². The highest BCUT2D eigenvalue weighted by Crippen LogP contribution is 2.17. The second-order valence-corrected chi connectivity index (χ2v) is 5.38. The van der Waals surface area contributed by atoms with Crippen molar-refractivity contribution in [3.63, 3.8) is 0 Å². The summed E-state index contributed by atoms with van der Waals surface area (Å²) in [4.78, 5) is 5.42. The first-order valence-corrected chi connectivity index (χ1v) is 7.58. The lowest BCUT2D eigenvalue weighted by molar-refractivity contribution is 0.415. The molecule has 0 aliphatic carbocycles. The molecule has 0 amide bonds. The van der Waals surface area contributed by atoms with Gasteiger partial charge < -0.3 is 9.15 Å². The summed E-state index contributed by atoms with van der Waals surface area (Å²) in [5.41, 5.74) is 1.87. The Morgan fingerprint density at radius 1 is 1.23 bits per heavy atom. The van der Waals surface area contributed by atoms with Crippen molar-refractivity contribution in [2.75, 3.05) is 7.11 Å². The number of aromatic nitrogens is 1. The van der Waals surface area contributed by atoms with Crippen LogP contribution in [0.5, 0.6) is 5.75 Å². The van der Waals surface area contributed by atoms with Crippen LogP contribution in [0.25, 0.3) is 0 Å². The number of thiazole rings is 1. The van der Waals surface area contributed by atoms with E-state index in [1.807, 2.05) is 48.7 Å². The van der Waals surface area contributed by atoms with Crippen molar-refractivity contribution in [1.29, 1.82) is 0 Å². The summed E-state index contributed by atoms with van der Waals surface area (Å²) >= 11 is 1.54. The van der Waals surface area contributed by atoms with Crippen LogP contribution in [0.15, 0.2) is 62.6 Å². The quantitative estimate of drug-likeness (QED) is 0.691. The Hall–Kier alpha value is -2.60. The Kier molecular flexibility index (Phi) is 4.20. The van der Waals surface area contributed by atoms with Crippen molar-refractivity contribution in [3.05, 3.63) is 64.3 Å². The van der Waals surface area contributed by atoms with Crippen LogP contribution in [-0.2, 0) is 0 Å². The van der Waals surface area contributed by atoms with Crippen molar-refractivity contribution in [3.8, 4) is 5.75 Å². The standard InChI is InChI=1S/C16H15N3O2S/c1-12-11-22-16(18-13-5-7-14(20-2)8-6-13)19(12)17-10-15-4-3-9-21-15/h3-11H,1-2H3. The van der Waals surface area contributed by atoms with Crippen molar-refractivity contribution >= 4 is 23.2 Å². The number of benzene rings is 1. The second-order valence-electron chi connectivity index (χ2n) is 4.54. The van der Waals surface area contributed by atoms with E-state index in [2.05, 4.69) is 10.1 Å². The lowest BCUT2D eigenvalue weighted by Gasteiger charge is -1.99. The number of hydrogen-bond donors (Lipinski definition) is 0. The van der Waals surface area contributed by atoms with Gasteiger partial charge in [-0.2, -0.15) is 5.10 Å². The Labute approximate surface area is 131 Å². The van der Waals surface area contributed by atoms with E-state index in [1.54, 1.807) is 24.3 Å². The van der Waals surface area contributed by atoms with Crippen LogP contribution in [0.2, 0.25) is 0 Å². The van der Waals surface area contributed by atoms with Gasteiger partial charge >= 0.3 is 0 Å². The highest BCUT2D eigenvalue weighted by Gasteiger charge is 2.00. The summed E-state index contributed by atoms with van der Waals surface area (Å²) in [6, 6.07) is 11.3. The maximum atomic E-state index is 5.25. The predicted octanol–water partition coefficient (Wildman–Crippen LogP) is 3.57. The summed E-state index contributed by atoms with van der Waals surface area (Å²) in [5, 5.41) is 6.44. The summed E-state index contributed by atoms with van der Waals surface area (Å²) in [5.74, 6) is 1.51. The monoisotopic (exact) mass is 313 g/mol. The van der Waals surface area contributed by atoms with Crippen molar-refractivity contribution < 1.29 is 9.15 Å². The molecule has 2 aromatic heterocycles. The zero-order valence-corrected chi connectivity index (χ0v) is 13.1.